The Kier molecular flexibility index (Phi) is 5.03. The number of rotatable bonds is 6. The minimum Gasteiger partial charge on any atom is -0.497 e. The number of aryl methyl sites for hydroxylation is 1. The van der Waals surface area contributed by atoms with Crippen LogP contribution in [0.2, 0.25) is 0 Å². The van der Waals surface area contributed by atoms with Crippen LogP contribution in [-0.4, -0.2) is 33.2 Å². The molecule has 7 nitrogen and oxygen atoms in total. The summed E-state index contributed by atoms with van der Waals surface area (Å²) in [6.07, 6.45) is 0. The van der Waals surface area contributed by atoms with Gasteiger partial charge in [-0.1, -0.05) is 42.0 Å². The molecule has 2 aromatic carbocycles. The van der Waals surface area contributed by atoms with E-state index in [1.54, 1.807) is 7.11 Å². The van der Waals surface area contributed by atoms with Crippen molar-refractivity contribution in [3.8, 4) is 17.1 Å². The zero-order chi connectivity index (χ0) is 17.6. The zero-order valence-corrected chi connectivity index (χ0v) is 14.1. The highest BCUT2D eigenvalue weighted by Gasteiger charge is 2.10. The maximum Gasteiger partial charge on any atom is 0.243 e. The Labute approximate surface area is 145 Å². The summed E-state index contributed by atoms with van der Waals surface area (Å²) in [5.74, 6) is 0.991. The van der Waals surface area contributed by atoms with Gasteiger partial charge in [0.15, 0.2) is 0 Å². The monoisotopic (exact) mass is 337 g/mol. The summed E-state index contributed by atoms with van der Waals surface area (Å²) in [4.78, 5) is 13.3. The molecule has 0 atom stereocenters. The van der Waals surface area contributed by atoms with Gasteiger partial charge in [-0.3, -0.25) is 4.79 Å². The van der Waals surface area contributed by atoms with Gasteiger partial charge in [0.25, 0.3) is 0 Å². The zero-order valence-electron chi connectivity index (χ0n) is 14.1. The summed E-state index contributed by atoms with van der Waals surface area (Å²) in [6, 6.07) is 15.4. The number of ether oxygens (including phenoxy) is 1. The Balaban J connectivity index is 1.58. The van der Waals surface area contributed by atoms with E-state index in [0.717, 1.165) is 11.1 Å². The number of hydrogen-bond acceptors (Lipinski definition) is 5. The van der Waals surface area contributed by atoms with Crippen LogP contribution in [0.5, 0.6) is 5.75 Å². The van der Waals surface area contributed by atoms with E-state index in [4.69, 9.17) is 4.74 Å². The van der Waals surface area contributed by atoms with Crippen molar-refractivity contribution in [2.75, 3.05) is 7.11 Å². The Morgan fingerprint density at radius 2 is 2.00 bits per heavy atom. The average Bonchev–Trinajstić information content (AvgIpc) is 3.10. The maximum atomic E-state index is 12.0. The third-order valence-electron chi connectivity index (χ3n) is 3.68. The SMILES string of the molecule is COc1cccc(-c2nnn(CC(=O)NCc3ccc(C)cc3)n2)c1. The van der Waals surface area contributed by atoms with Crippen molar-refractivity contribution in [1.29, 1.82) is 0 Å². The molecule has 0 unspecified atom stereocenters. The number of methoxy groups -OCH3 is 1. The van der Waals surface area contributed by atoms with Crippen LogP contribution < -0.4 is 10.1 Å². The molecule has 0 spiro atoms. The molecule has 1 amide bonds. The van der Waals surface area contributed by atoms with Gasteiger partial charge in [-0.2, -0.15) is 4.80 Å². The first-order chi connectivity index (χ1) is 12.1. The lowest BCUT2D eigenvalue weighted by Crippen LogP contribution is -2.28. The highest BCUT2D eigenvalue weighted by atomic mass is 16.5. The Morgan fingerprint density at radius 3 is 2.76 bits per heavy atom. The number of amides is 1. The lowest BCUT2D eigenvalue weighted by Gasteiger charge is -2.05. The van der Waals surface area contributed by atoms with Gasteiger partial charge < -0.3 is 10.1 Å². The number of hydrogen-bond donors (Lipinski definition) is 1. The summed E-state index contributed by atoms with van der Waals surface area (Å²) in [6.45, 7) is 2.51. The number of nitrogens with zero attached hydrogens (tertiary/aromatic N) is 4. The predicted molar refractivity (Wildman–Crippen MR) is 92.8 cm³/mol. The minimum atomic E-state index is -0.171. The predicted octanol–water partition coefficient (Wildman–Crippen LogP) is 1.97. The van der Waals surface area contributed by atoms with Crippen LogP contribution >= 0.6 is 0 Å². The van der Waals surface area contributed by atoms with Gasteiger partial charge in [-0.25, -0.2) is 0 Å². The van der Waals surface area contributed by atoms with E-state index in [1.807, 2.05) is 55.5 Å². The quantitative estimate of drug-likeness (QED) is 0.744. The molecule has 0 radical (unpaired) electrons. The number of carbonyl (C=O) groups is 1. The van der Waals surface area contributed by atoms with Crippen LogP contribution in [-0.2, 0) is 17.9 Å². The van der Waals surface area contributed by atoms with E-state index >= 15 is 0 Å². The molecule has 1 aromatic heterocycles. The molecule has 0 aliphatic heterocycles. The maximum absolute atomic E-state index is 12.0. The number of aromatic nitrogens is 4. The number of carbonyl (C=O) groups excluding carboxylic acids is 1. The summed E-state index contributed by atoms with van der Waals surface area (Å²) < 4.78 is 5.18. The van der Waals surface area contributed by atoms with Crippen molar-refractivity contribution in [1.82, 2.24) is 25.5 Å². The molecule has 25 heavy (non-hydrogen) atoms. The molecule has 0 aliphatic rings. The van der Waals surface area contributed by atoms with Gasteiger partial charge in [0.2, 0.25) is 11.7 Å². The molecule has 0 saturated carbocycles. The second-order valence-electron chi connectivity index (χ2n) is 5.64. The summed E-state index contributed by atoms with van der Waals surface area (Å²) in [5, 5.41) is 15.0. The van der Waals surface area contributed by atoms with E-state index in [2.05, 4.69) is 20.7 Å². The summed E-state index contributed by atoms with van der Waals surface area (Å²) in [5.41, 5.74) is 3.01. The topological polar surface area (TPSA) is 81.9 Å². The van der Waals surface area contributed by atoms with E-state index < -0.39 is 0 Å². The number of benzene rings is 2. The fourth-order valence-electron chi connectivity index (χ4n) is 2.28. The third-order valence-corrected chi connectivity index (χ3v) is 3.68. The van der Waals surface area contributed by atoms with E-state index in [0.29, 0.717) is 18.1 Å². The molecule has 0 bridgehead atoms. The Hall–Kier alpha value is -3.22. The standard InChI is InChI=1S/C18H19N5O2/c1-13-6-8-14(9-7-13)11-19-17(24)12-23-21-18(20-22-23)15-4-3-5-16(10-15)25-2/h3-10H,11-12H2,1-2H3,(H,19,24). The molecule has 3 aromatic rings. The van der Waals surface area contributed by atoms with Gasteiger partial charge in [-0.15, -0.1) is 10.2 Å². The smallest absolute Gasteiger partial charge is 0.243 e. The molecule has 128 valence electrons. The molecule has 0 saturated heterocycles. The number of tetrazole rings is 1. The lowest BCUT2D eigenvalue weighted by molar-refractivity contribution is -0.122. The van der Waals surface area contributed by atoms with Gasteiger partial charge in [0.05, 0.1) is 7.11 Å². The van der Waals surface area contributed by atoms with Gasteiger partial charge in [0, 0.05) is 12.1 Å². The molecule has 3 rings (SSSR count). The first-order valence-electron chi connectivity index (χ1n) is 7.88. The van der Waals surface area contributed by atoms with Crippen molar-refractivity contribution in [2.24, 2.45) is 0 Å². The largest absolute Gasteiger partial charge is 0.497 e. The van der Waals surface area contributed by atoms with Crippen molar-refractivity contribution >= 4 is 5.91 Å². The molecule has 1 heterocycles. The Bertz CT molecular complexity index is 858. The van der Waals surface area contributed by atoms with Crippen molar-refractivity contribution < 1.29 is 9.53 Å². The van der Waals surface area contributed by atoms with E-state index in [9.17, 15) is 4.79 Å². The van der Waals surface area contributed by atoms with Crippen LogP contribution in [0.25, 0.3) is 11.4 Å². The fraction of sp³-hybridized carbons (Fsp3) is 0.222. The lowest BCUT2D eigenvalue weighted by atomic mass is 10.1. The summed E-state index contributed by atoms with van der Waals surface area (Å²) in [7, 11) is 1.60. The van der Waals surface area contributed by atoms with Crippen molar-refractivity contribution in [2.45, 2.75) is 20.0 Å². The molecular weight excluding hydrogens is 318 g/mol. The Morgan fingerprint density at radius 1 is 1.20 bits per heavy atom. The molecule has 0 aliphatic carbocycles. The molecule has 7 heteroatoms. The van der Waals surface area contributed by atoms with Crippen molar-refractivity contribution in [3.63, 3.8) is 0 Å². The van der Waals surface area contributed by atoms with Crippen molar-refractivity contribution in [3.05, 3.63) is 59.7 Å². The average molecular weight is 337 g/mol. The second kappa shape index (κ2) is 7.57. The molecule has 0 fully saturated rings. The van der Waals surface area contributed by atoms with Crippen LogP contribution in [0, 0.1) is 6.92 Å². The minimum absolute atomic E-state index is 0.0167. The highest BCUT2D eigenvalue weighted by Crippen LogP contribution is 2.19. The normalized spacial score (nSPS) is 10.5. The van der Waals surface area contributed by atoms with Crippen LogP contribution in [0.3, 0.4) is 0 Å². The summed E-state index contributed by atoms with van der Waals surface area (Å²) >= 11 is 0. The first-order valence-corrected chi connectivity index (χ1v) is 7.88. The third kappa shape index (κ3) is 4.41. The second-order valence-corrected chi connectivity index (χ2v) is 5.64. The van der Waals surface area contributed by atoms with E-state index in [1.165, 1.54) is 10.4 Å². The fourth-order valence-corrected chi connectivity index (χ4v) is 2.28. The van der Waals surface area contributed by atoms with Gasteiger partial charge in [0.1, 0.15) is 12.3 Å². The first kappa shape index (κ1) is 16.6. The van der Waals surface area contributed by atoms with Gasteiger partial charge >= 0.3 is 0 Å². The van der Waals surface area contributed by atoms with Gasteiger partial charge in [-0.05, 0) is 29.8 Å². The van der Waals surface area contributed by atoms with Crippen LogP contribution in [0.4, 0.5) is 0 Å². The molecular formula is C18H19N5O2. The van der Waals surface area contributed by atoms with E-state index in [-0.39, 0.29) is 12.5 Å². The van der Waals surface area contributed by atoms with Crippen LogP contribution in [0.1, 0.15) is 11.1 Å². The van der Waals surface area contributed by atoms with Crippen LogP contribution in [0.15, 0.2) is 48.5 Å². The molecule has 1 N–H and O–H groups in total. The highest BCUT2D eigenvalue weighted by molar-refractivity contribution is 5.75. The number of nitrogens with one attached hydrogen (secondary N) is 1.